The highest BCUT2D eigenvalue weighted by Gasteiger charge is 2.20. The van der Waals surface area contributed by atoms with Gasteiger partial charge >= 0.3 is 0 Å². The molecule has 0 radical (unpaired) electrons. The normalized spacial score (nSPS) is 11.4. The fourth-order valence-corrected chi connectivity index (χ4v) is 4.60. The van der Waals surface area contributed by atoms with Crippen LogP contribution in [0.25, 0.3) is 16.2 Å². The first-order chi connectivity index (χ1) is 14.9. The molecule has 0 unspecified atom stereocenters. The van der Waals surface area contributed by atoms with Gasteiger partial charge in [0.2, 0.25) is 5.88 Å². The van der Waals surface area contributed by atoms with E-state index >= 15 is 0 Å². The fourth-order valence-electron chi connectivity index (χ4n) is 3.58. The Labute approximate surface area is 188 Å². The summed E-state index contributed by atoms with van der Waals surface area (Å²) in [5, 5.41) is 9.39. The van der Waals surface area contributed by atoms with E-state index < -0.39 is 0 Å². The summed E-state index contributed by atoms with van der Waals surface area (Å²) in [6, 6.07) is 1.68. The molecule has 0 N–H and O–H groups in total. The summed E-state index contributed by atoms with van der Waals surface area (Å²) < 4.78 is 5.40. The molecule has 10 heteroatoms. The van der Waals surface area contributed by atoms with Crippen LogP contribution in [-0.4, -0.2) is 42.8 Å². The largest absolute Gasteiger partial charge is 0.481 e. The Morgan fingerprint density at radius 3 is 2.58 bits per heavy atom. The summed E-state index contributed by atoms with van der Waals surface area (Å²) in [6.45, 7) is 6.17. The van der Waals surface area contributed by atoms with Crippen LogP contribution in [0.1, 0.15) is 41.5 Å². The molecule has 0 bridgehead atoms. The van der Waals surface area contributed by atoms with Gasteiger partial charge in [0.15, 0.2) is 5.82 Å². The average molecular weight is 457 g/mol. The van der Waals surface area contributed by atoms with Crippen molar-refractivity contribution in [3.8, 4) is 11.7 Å². The minimum atomic E-state index is 0.0103. The van der Waals surface area contributed by atoms with Gasteiger partial charge in [-0.3, -0.25) is 4.79 Å². The molecular weight excluding hydrogens is 436 g/mol. The number of methoxy groups -OCH3 is 1. The van der Waals surface area contributed by atoms with Crippen molar-refractivity contribution in [3.05, 3.63) is 51.4 Å². The number of halogens is 1. The van der Waals surface area contributed by atoms with E-state index in [1.807, 2.05) is 6.92 Å². The van der Waals surface area contributed by atoms with Crippen LogP contribution in [0.15, 0.2) is 24.7 Å². The van der Waals surface area contributed by atoms with Crippen molar-refractivity contribution in [3.63, 3.8) is 0 Å². The first-order valence-electron chi connectivity index (χ1n) is 9.74. The molecule has 0 saturated carbocycles. The Morgan fingerprint density at radius 2 is 1.90 bits per heavy atom. The number of fused-ring (bicyclic) bond motifs is 1. The van der Waals surface area contributed by atoms with E-state index in [1.165, 1.54) is 24.3 Å². The number of hydrogen-bond donors (Lipinski definition) is 0. The van der Waals surface area contributed by atoms with Gasteiger partial charge in [0.25, 0.3) is 0 Å². The summed E-state index contributed by atoms with van der Waals surface area (Å²) in [5.41, 5.74) is 3.47. The minimum Gasteiger partial charge on any atom is -0.481 e. The van der Waals surface area contributed by atoms with E-state index in [4.69, 9.17) is 16.3 Å². The number of thiazole rings is 1. The van der Waals surface area contributed by atoms with Crippen molar-refractivity contribution < 1.29 is 9.53 Å². The smallest absolute Gasteiger partial charge is 0.218 e. The molecule has 0 aliphatic carbocycles. The number of carbonyl (C=O) groups is 1. The van der Waals surface area contributed by atoms with Crippen molar-refractivity contribution in [2.75, 3.05) is 7.11 Å². The lowest BCUT2D eigenvalue weighted by Gasteiger charge is -2.14. The standard InChI is InChI=1S/C21H21ClN6O2S/c1-11(2)17-14(10-23-21-18(17)26-12(3)31-21)8-15(29)7-13-9-16(22)19(27-20(13)30-4)28-24-5-6-25-28/h5-6,9-11H,7-8H2,1-4H3. The van der Waals surface area contributed by atoms with E-state index in [0.29, 0.717) is 22.3 Å². The molecule has 0 aliphatic heterocycles. The third kappa shape index (κ3) is 4.28. The SMILES string of the molecule is COc1nc(-n2nccn2)c(Cl)cc1CC(=O)Cc1cnc2sc(C)nc2c1C(C)C. The molecule has 4 rings (SSSR count). The number of Topliss-reactive ketones (excluding diaryl/α,β-unsaturated/α-hetero) is 1. The number of ketones is 1. The van der Waals surface area contributed by atoms with Crippen LogP contribution in [0.4, 0.5) is 0 Å². The maximum Gasteiger partial charge on any atom is 0.218 e. The summed E-state index contributed by atoms with van der Waals surface area (Å²) >= 11 is 7.94. The van der Waals surface area contributed by atoms with E-state index in [1.54, 1.807) is 23.6 Å². The first-order valence-corrected chi connectivity index (χ1v) is 10.9. The highest BCUT2D eigenvalue weighted by Crippen LogP contribution is 2.31. The molecule has 160 valence electrons. The van der Waals surface area contributed by atoms with Crippen LogP contribution in [0.2, 0.25) is 5.02 Å². The Kier molecular flexibility index (Phi) is 5.97. The molecule has 4 heterocycles. The number of rotatable bonds is 7. The van der Waals surface area contributed by atoms with Crippen molar-refractivity contribution >= 4 is 39.1 Å². The summed E-state index contributed by atoms with van der Waals surface area (Å²) in [5.74, 6) is 0.894. The predicted octanol–water partition coefficient (Wildman–Crippen LogP) is 4.12. The van der Waals surface area contributed by atoms with Crippen molar-refractivity contribution in [1.29, 1.82) is 0 Å². The number of pyridine rings is 2. The summed E-state index contributed by atoms with van der Waals surface area (Å²) in [7, 11) is 1.50. The number of nitrogens with zero attached hydrogens (tertiary/aromatic N) is 6. The summed E-state index contributed by atoms with van der Waals surface area (Å²) in [6.07, 6.45) is 5.23. The first kappa shape index (κ1) is 21.3. The number of ether oxygens (including phenoxy) is 1. The molecule has 4 aromatic heterocycles. The van der Waals surface area contributed by atoms with Crippen LogP contribution >= 0.6 is 22.9 Å². The highest BCUT2D eigenvalue weighted by molar-refractivity contribution is 7.18. The van der Waals surface area contributed by atoms with Crippen molar-refractivity contribution in [2.24, 2.45) is 0 Å². The Hall–Kier alpha value is -2.91. The van der Waals surface area contributed by atoms with Crippen LogP contribution in [0, 0.1) is 6.92 Å². The van der Waals surface area contributed by atoms with Crippen LogP contribution in [0.3, 0.4) is 0 Å². The maximum atomic E-state index is 13.0. The van der Waals surface area contributed by atoms with Gasteiger partial charge in [0.05, 0.1) is 29.5 Å². The van der Waals surface area contributed by atoms with E-state index in [2.05, 4.69) is 39.0 Å². The average Bonchev–Trinajstić information content (AvgIpc) is 3.36. The van der Waals surface area contributed by atoms with Gasteiger partial charge in [-0.2, -0.15) is 15.2 Å². The van der Waals surface area contributed by atoms with Crippen LogP contribution in [-0.2, 0) is 17.6 Å². The number of carbonyl (C=O) groups excluding carboxylic acids is 1. The Bertz CT molecular complexity index is 1250. The zero-order chi connectivity index (χ0) is 22.1. The third-order valence-electron chi connectivity index (χ3n) is 4.81. The molecule has 0 aromatic carbocycles. The molecule has 8 nitrogen and oxygen atoms in total. The zero-order valence-electron chi connectivity index (χ0n) is 17.6. The highest BCUT2D eigenvalue weighted by atomic mass is 35.5. The molecule has 31 heavy (non-hydrogen) atoms. The second kappa shape index (κ2) is 8.68. The predicted molar refractivity (Wildman–Crippen MR) is 119 cm³/mol. The van der Waals surface area contributed by atoms with E-state index in [0.717, 1.165) is 26.5 Å². The molecule has 4 aromatic rings. The van der Waals surface area contributed by atoms with Gasteiger partial charge in [-0.15, -0.1) is 4.80 Å². The fraction of sp³-hybridized carbons (Fsp3) is 0.333. The van der Waals surface area contributed by atoms with Gasteiger partial charge in [-0.25, -0.2) is 9.97 Å². The van der Waals surface area contributed by atoms with Gasteiger partial charge in [0.1, 0.15) is 16.1 Å². The van der Waals surface area contributed by atoms with Gasteiger partial charge in [-0.05, 0) is 30.0 Å². The van der Waals surface area contributed by atoms with Crippen LogP contribution < -0.4 is 4.74 Å². The lowest BCUT2D eigenvalue weighted by Crippen LogP contribution is -2.12. The molecule has 0 aliphatic rings. The molecule has 0 fully saturated rings. The molecular formula is C21H21ClN6O2S. The quantitative estimate of drug-likeness (QED) is 0.412. The maximum absolute atomic E-state index is 13.0. The topological polar surface area (TPSA) is 95.7 Å². The van der Waals surface area contributed by atoms with Gasteiger partial charge in [0, 0.05) is 24.6 Å². The molecule has 0 spiro atoms. The second-order valence-electron chi connectivity index (χ2n) is 7.41. The third-order valence-corrected chi connectivity index (χ3v) is 5.96. The van der Waals surface area contributed by atoms with Gasteiger partial charge in [-0.1, -0.05) is 36.8 Å². The van der Waals surface area contributed by atoms with Crippen LogP contribution in [0.5, 0.6) is 5.88 Å². The Balaban J connectivity index is 1.62. The number of hydrogen-bond acceptors (Lipinski definition) is 8. The second-order valence-corrected chi connectivity index (χ2v) is 9.00. The molecule has 0 saturated heterocycles. The summed E-state index contributed by atoms with van der Waals surface area (Å²) in [4.78, 5) is 28.8. The lowest BCUT2D eigenvalue weighted by atomic mass is 9.94. The molecule has 0 amide bonds. The minimum absolute atomic E-state index is 0.0103. The lowest BCUT2D eigenvalue weighted by molar-refractivity contribution is -0.117. The monoisotopic (exact) mass is 456 g/mol. The van der Waals surface area contributed by atoms with E-state index in [-0.39, 0.29) is 24.5 Å². The van der Waals surface area contributed by atoms with E-state index in [9.17, 15) is 4.79 Å². The van der Waals surface area contributed by atoms with Gasteiger partial charge < -0.3 is 4.74 Å². The molecule has 0 atom stereocenters. The number of aromatic nitrogens is 6. The van der Waals surface area contributed by atoms with Crippen molar-refractivity contribution in [2.45, 2.75) is 39.5 Å². The number of aryl methyl sites for hydroxylation is 1. The Morgan fingerprint density at radius 1 is 1.19 bits per heavy atom. The van der Waals surface area contributed by atoms with Crippen molar-refractivity contribution in [1.82, 2.24) is 29.9 Å². The zero-order valence-corrected chi connectivity index (χ0v) is 19.2.